The molecule has 0 fully saturated rings. The van der Waals surface area contributed by atoms with Crippen LogP contribution in [0.1, 0.15) is 15.9 Å². The van der Waals surface area contributed by atoms with Crippen LogP contribution in [0.5, 0.6) is 0 Å². The Morgan fingerprint density at radius 3 is 2.68 bits per heavy atom. The third-order valence-corrected chi connectivity index (χ3v) is 3.35. The van der Waals surface area contributed by atoms with E-state index in [4.69, 9.17) is 16.3 Å². The topological polar surface area (TPSA) is 55.4 Å². The van der Waals surface area contributed by atoms with Crippen LogP contribution in [0.15, 0.2) is 42.5 Å². The molecule has 0 bridgehead atoms. The van der Waals surface area contributed by atoms with Gasteiger partial charge in [-0.15, -0.1) is 0 Å². The summed E-state index contributed by atoms with van der Waals surface area (Å²) in [5.74, 6) is -1.82. The molecule has 0 spiro atoms. The van der Waals surface area contributed by atoms with E-state index in [0.717, 1.165) is 6.07 Å². The van der Waals surface area contributed by atoms with E-state index in [-0.39, 0.29) is 5.56 Å². The summed E-state index contributed by atoms with van der Waals surface area (Å²) >= 11 is 5.95. The molecule has 0 saturated heterocycles. The first-order valence-corrected chi connectivity index (χ1v) is 6.83. The van der Waals surface area contributed by atoms with Crippen LogP contribution in [0.3, 0.4) is 0 Å². The van der Waals surface area contributed by atoms with Gasteiger partial charge in [-0.2, -0.15) is 0 Å². The number of esters is 1. The number of benzene rings is 2. The molecular formula is C16H13ClFNO3. The fraction of sp³-hybridized carbons (Fsp3) is 0.125. The number of amides is 1. The molecule has 0 aliphatic rings. The van der Waals surface area contributed by atoms with Crippen LogP contribution in [0.2, 0.25) is 5.02 Å². The van der Waals surface area contributed by atoms with Crippen molar-refractivity contribution in [3.63, 3.8) is 0 Å². The van der Waals surface area contributed by atoms with Crippen LogP contribution in [0.4, 0.5) is 10.1 Å². The zero-order chi connectivity index (χ0) is 16.1. The summed E-state index contributed by atoms with van der Waals surface area (Å²) in [5, 5.41) is 3.12. The van der Waals surface area contributed by atoms with Crippen molar-refractivity contribution in [1.82, 2.24) is 0 Å². The van der Waals surface area contributed by atoms with Crippen LogP contribution in [0, 0.1) is 12.7 Å². The normalized spacial score (nSPS) is 10.1. The van der Waals surface area contributed by atoms with Gasteiger partial charge in [0.25, 0.3) is 5.91 Å². The van der Waals surface area contributed by atoms with Crippen LogP contribution in [-0.4, -0.2) is 18.5 Å². The number of nitrogens with one attached hydrogen (secondary N) is 1. The van der Waals surface area contributed by atoms with Gasteiger partial charge in [0.05, 0.1) is 5.56 Å². The number of carbonyl (C=O) groups excluding carboxylic acids is 2. The van der Waals surface area contributed by atoms with E-state index in [1.165, 1.54) is 18.2 Å². The molecule has 0 heterocycles. The fourth-order valence-corrected chi connectivity index (χ4v) is 1.93. The fourth-order valence-electron chi connectivity index (χ4n) is 1.76. The minimum Gasteiger partial charge on any atom is -0.452 e. The first kappa shape index (κ1) is 16.0. The molecule has 0 aromatic heterocycles. The van der Waals surface area contributed by atoms with Gasteiger partial charge in [-0.3, -0.25) is 4.79 Å². The Morgan fingerprint density at radius 1 is 1.23 bits per heavy atom. The monoisotopic (exact) mass is 321 g/mol. The zero-order valence-electron chi connectivity index (χ0n) is 11.7. The van der Waals surface area contributed by atoms with Crippen LogP contribution in [-0.2, 0) is 9.53 Å². The van der Waals surface area contributed by atoms with Gasteiger partial charge in [0.15, 0.2) is 6.61 Å². The molecule has 0 unspecified atom stereocenters. The molecule has 0 aliphatic carbocycles. The van der Waals surface area contributed by atoms with E-state index in [0.29, 0.717) is 16.3 Å². The van der Waals surface area contributed by atoms with Crippen molar-refractivity contribution in [3.8, 4) is 0 Å². The predicted molar refractivity (Wildman–Crippen MR) is 81.5 cm³/mol. The largest absolute Gasteiger partial charge is 0.452 e. The first-order chi connectivity index (χ1) is 10.5. The maximum absolute atomic E-state index is 13.0. The van der Waals surface area contributed by atoms with Crippen molar-refractivity contribution in [2.75, 3.05) is 11.9 Å². The number of carbonyl (C=O) groups is 2. The SMILES string of the molecule is Cc1c(Cl)cccc1NC(=O)COC(=O)c1cccc(F)c1. The van der Waals surface area contributed by atoms with Gasteiger partial charge >= 0.3 is 5.97 Å². The standard InChI is InChI=1S/C16H13ClFNO3/c1-10-13(17)6-3-7-14(10)19-15(20)9-22-16(21)11-4-2-5-12(18)8-11/h2-8H,9H2,1H3,(H,19,20). The van der Waals surface area contributed by atoms with E-state index in [1.54, 1.807) is 25.1 Å². The minimum atomic E-state index is -0.766. The van der Waals surface area contributed by atoms with E-state index >= 15 is 0 Å². The lowest BCUT2D eigenvalue weighted by molar-refractivity contribution is -0.119. The predicted octanol–water partition coefficient (Wildman–Crippen LogP) is 3.58. The van der Waals surface area contributed by atoms with Gasteiger partial charge in [-0.05, 0) is 42.8 Å². The first-order valence-electron chi connectivity index (χ1n) is 6.45. The molecule has 0 atom stereocenters. The number of hydrogen-bond acceptors (Lipinski definition) is 3. The van der Waals surface area contributed by atoms with Gasteiger partial charge in [0, 0.05) is 10.7 Å². The average Bonchev–Trinajstić information content (AvgIpc) is 2.49. The van der Waals surface area contributed by atoms with Crippen LogP contribution >= 0.6 is 11.6 Å². The molecule has 0 radical (unpaired) electrons. The lowest BCUT2D eigenvalue weighted by atomic mass is 10.2. The molecule has 1 amide bonds. The quantitative estimate of drug-likeness (QED) is 0.876. The summed E-state index contributed by atoms with van der Waals surface area (Å²) in [6, 6.07) is 10.1. The lowest BCUT2D eigenvalue weighted by Crippen LogP contribution is -2.21. The highest BCUT2D eigenvalue weighted by molar-refractivity contribution is 6.31. The van der Waals surface area contributed by atoms with E-state index in [1.807, 2.05) is 0 Å². The number of ether oxygens (including phenoxy) is 1. The summed E-state index contributed by atoms with van der Waals surface area (Å²) < 4.78 is 17.8. The Morgan fingerprint density at radius 2 is 1.95 bits per heavy atom. The lowest BCUT2D eigenvalue weighted by Gasteiger charge is -2.10. The summed E-state index contributed by atoms with van der Waals surface area (Å²) in [5.41, 5.74) is 1.31. The molecule has 0 saturated carbocycles. The molecular weight excluding hydrogens is 309 g/mol. The number of rotatable bonds is 4. The highest BCUT2D eigenvalue weighted by atomic mass is 35.5. The Balaban J connectivity index is 1.93. The van der Waals surface area contributed by atoms with Crippen molar-refractivity contribution in [2.45, 2.75) is 6.92 Å². The van der Waals surface area contributed by atoms with Gasteiger partial charge in [-0.25, -0.2) is 9.18 Å². The van der Waals surface area contributed by atoms with Crippen molar-refractivity contribution < 1.29 is 18.7 Å². The van der Waals surface area contributed by atoms with E-state index in [2.05, 4.69) is 5.32 Å². The molecule has 4 nitrogen and oxygen atoms in total. The smallest absolute Gasteiger partial charge is 0.338 e. The maximum Gasteiger partial charge on any atom is 0.338 e. The number of anilines is 1. The van der Waals surface area contributed by atoms with Gasteiger partial charge in [0.1, 0.15) is 5.82 Å². The second-order valence-electron chi connectivity index (χ2n) is 4.55. The summed E-state index contributed by atoms with van der Waals surface area (Å²) in [7, 11) is 0. The Labute approximate surface area is 131 Å². The van der Waals surface area contributed by atoms with Gasteiger partial charge < -0.3 is 10.1 Å². The highest BCUT2D eigenvalue weighted by Crippen LogP contribution is 2.22. The molecule has 2 aromatic carbocycles. The third kappa shape index (κ3) is 4.05. The average molecular weight is 322 g/mol. The van der Waals surface area contributed by atoms with Crippen molar-refractivity contribution in [1.29, 1.82) is 0 Å². The zero-order valence-corrected chi connectivity index (χ0v) is 12.5. The van der Waals surface area contributed by atoms with Crippen molar-refractivity contribution in [2.24, 2.45) is 0 Å². The highest BCUT2D eigenvalue weighted by Gasteiger charge is 2.12. The molecule has 2 rings (SSSR count). The van der Waals surface area contributed by atoms with Crippen LogP contribution < -0.4 is 5.32 Å². The molecule has 2 aromatic rings. The second kappa shape index (κ2) is 7.04. The van der Waals surface area contributed by atoms with Gasteiger partial charge in [-0.1, -0.05) is 23.7 Å². The van der Waals surface area contributed by atoms with Crippen LogP contribution in [0.25, 0.3) is 0 Å². The van der Waals surface area contributed by atoms with E-state index in [9.17, 15) is 14.0 Å². The summed E-state index contributed by atoms with van der Waals surface area (Å²) in [6.45, 7) is 1.29. The molecule has 0 aliphatic heterocycles. The van der Waals surface area contributed by atoms with Crippen molar-refractivity contribution >= 4 is 29.2 Å². The Bertz CT molecular complexity index is 718. The summed E-state index contributed by atoms with van der Waals surface area (Å²) in [6.07, 6.45) is 0. The molecule has 1 N–H and O–H groups in total. The van der Waals surface area contributed by atoms with Crippen molar-refractivity contribution in [3.05, 3.63) is 64.4 Å². The minimum absolute atomic E-state index is 0.0479. The Hall–Kier alpha value is -2.40. The maximum atomic E-state index is 13.0. The molecule has 114 valence electrons. The second-order valence-corrected chi connectivity index (χ2v) is 4.95. The molecule has 22 heavy (non-hydrogen) atoms. The third-order valence-electron chi connectivity index (χ3n) is 2.94. The molecule has 6 heteroatoms. The van der Waals surface area contributed by atoms with E-state index < -0.39 is 24.3 Å². The summed E-state index contributed by atoms with van der Waals surface area (Å²) in [4.78, 5) is 23.5. The number of hydrogen-bond donors (Lipinski definition) is 1. The Kier molecular flexibility index (Phi) is 5.12. The van der Waals surface area contributed by atoms with Gasteiger partial charge in [0.2, 0.25) is 0 Å². The number of halogens is 2.